The van der Waals surface area contributed by atoms with Crippen molar-refractivity contribution < 1.29 is 23.8 Å². The van der Waals surface area contributed by atoms with E-state index in [0.29, 0.717) is 44.2 Å². The van der Waals surface area contributed by atoms with Crippen LogP contribution in [0.2, 0.25) is 0 Å². The van der Waals surface area contributed by atoms with E-state index in [4.69, 9.17) is 14.2 Å². The number of nitrogens with one attached hydrogen (secondary N) is 2. The molecule has 0 aromatic carbocycles. The zero-order valence-electron chi connectivity index (χ0n) is 17.8. The molecule has 2 amide bonds. The summed E-state index contributed by atoms with van der Waals surface area (Å²) in [5.41, 5.74) is -0.291. The van der Waals surface area contributed by atoms with Crippen molar-refractivity contribution in [2.24, 2.45) is 0 Å². The van der Waals surface area contributed by atoms with Crippen molar-refractivity contribution in [1.29, 1.82) is 0 Å². The fourth-order valence-corrected chi connectivity index (χ4v) is 1.99. The van der Waals surface area contributed by atoms with Crippen molar-refractivity contribution in [1.82, 2.24) is 15.6 Å². The Kier molecular flexibility index (Phi) is 9.18. The van der Waals surface area contributed by atoms with Gasteiger partial charge in [0.15, 0.2) is 0 Å². The molecule has 2 N–H and O–H groups in total. The van der Waals surface area contributed by atoms with Crippen molar-refractivity contribution in [3.8, 4) is 5.88 Å². The van der Waals surface area contributed by atoms with Crippen LogP contribution < -0.4 is 15.4 Å². The molecule has 0 radical (unpaired) electrons. The Labute approximate surface area is 167 Å². The van der Waals surface area contributed by atoms with Gasteiger partial charge in [-0.3, -0.25) is 4.79 Å². The number of pyridine rings is 1. The molecule has 158 valence electrons. The lowest BCUT2D eigenvalue weighted by Gasteiger charge is -2.19. The molecule has 8 heteroatoms. The number of carbonyl (C=O) groups excluding carboxylic acids is 2. The highest BCUT2D eigenvalue weighted by atomic mass is 16.6. The number of carbonyl (C=O) groups is 2. The lowest BCUT2D eigenvalue weighted by Crippen LogP contribution is -2.34. The molecule has 0 bridgehead atoms. The maximum Gasteiger partial charge on any atom is 0.407 e. The third kappa shape index (κ3) is 11.4. The fourth-order valence-electron chi connectivity index (χ4n) is 1.99. The summed E-state index contributed by atoms with van der Waals surface area (Å²) in [6.45, 7) is 13.0. The van der Waals surface area contributed by atoms with Gasteiger partial charge in [-0.1, -0.05) is 0 Å². The van der Waals surface area contributed by atoms with Crippen molar-refractivity contribution >= 4 is 12.0 Å². The van der Waals surface area contributed by atoms with E-state index in [9.17, 15) is 9.59 Å². The summed E-state index contributed by atoms with van der Waals surface area (Å²) in [5, 5.41) is 5.42. The molecule has 0 aliphatic carbocycles. The lowest BCUT2D eigenvalue weighted by molar-refractivity contribution is -0.0168. The molecule has 0 saturated heterocycles. The Bertz CT molecular complexity index is 618. The Morgan fingerprint density at radius 1 is 0.964 bits per heavy atom. The highest BCUT2D eigenvalue weighted by Crippen LogP contribution is 2.09. The van der Waals surface area contributed by atoms with Gasteiger partial charge < -0.3 is 24.8 Å². The molecule has 0 aliphatic heterocycles. The van der Waals surface area contributed by atoms with Crippen LogP contribution in [0.5, 0.6) is 5.88 Å². The minimum absolute atomic E-state index is 0.207. The van der Waals surface area contributed by atoms with E-state index in [1.54, 1.807) is 32.9 Å². The highest BCUT2D eigenvalue weighted by molar-refractivity contribution is 5.93. The van der Waals surface area contributed by atoms with Crippen LogP contribution in [-0.4, -0.2) is 54.5 Å². The molecule has 1 heterocycles. The molecule has 0 spiro atoms. The summed E-state index contributed by atoms with van der Waals surface area (Å²) >= 11 is 0. The zero-order chi connectivity index (χ0) is 21.2. The first-order valence-corrected chi connectivity index (χ1v) is 9.44. The first-order valence-electron chi connectivity index (χ1n) is 9.44. The largest absolute Gasteiger partial charge is 0.475 e. The Hall–Kier alpha value is -2.35. The van der Waals surface area contributed by atoms with E-state index in [2.05, 4.69) is 15.6 Å². The van der Waals surface area contributed by atoms with Gasteiger partial charge in [0.1, 0.15) is 12.2 Å². The zero-order valence-corrected chi connectivity index (χ0v) is 17.8. The predicted octanol–water partition coefficient (Wildman–Crippen LogP) is 2.92. The Morgan fingerprint density at radius 2 is 1.64 bits per heavy atom. The number of amides is 2. The predicted molar refractivity (Wildman–Crippen MR) is 107 cm³/mol. The average Bonchev–Trinajstić information content (AvgIpc) is 2.56. The summed E-state index contributed by atoms with van der Waals surface area (Å²) in [4.78, 5) is 27.7. The molecular weight excluding hydrogens is 362 g/mol. The molecule has 0 unspecified atom stereocenters. The van der Waals surface area contributed by atoms with Crippen molar-refractivity contribution in [2.75, 3.05) is 26.3 Å². The quantitative estimate of drug-likeness (QED) is 0.624. The SMILES string of the molecule is CC(C)(C)OCCOc1ccc(C(=O)NCCCNC(=O)OC(C)(C)C)cn1. The van der Waals surface area contributed by atoms with Crippen LogP contribution in [0.1, 0.15) is 58.3 Å². The molecule has 0 fully saturated rings. The standard InChI is InChI=1S/C20H33N3O5/c1-19(2,3)27-13-12-26-16-9-8-15(14-23-16)17(24)21-10-7-11-22-18(25)28-20(4,5)6/h8-9,14H,7,10-13H2,1-6H3,(H,21,24)(H,22,25). The van der Waals surface area contributed by atoms with E-state index >= 15 is 0 Å². The van der Waals surface area contributed by atoms with Gasteiger partial charge in [-0.2, -0.15) is 0 Å². The maximum atomic E-state index is 12.1. The molecule has 0 saturated carbocycles. The van der Waals surface area contributed by atoms with Crippen LogP contribution in [0.25, 0.3) is 0 Å². The van der Waals surface area contributed by atoms with Crippen molar-refractivity contribution in [2.45, 2.75) is 59.2 Å². The molecule has 1 aromatic rings. The molecule has 0 aliphatic rings. The number of ether oxygens (including phenoxy) is 3. The van der Waals surface area contributed by atoms with Crippen LogP contribution in [0.15, 0.2) is 18.3 Å². The molecule has 8 nitrogen and oxygen atoms in total. The molecule has 1 aromatic heterocycles. The van der Waals surface area contributed by atoms with Crippen molar-refractivity contribution in [3.05, 3.63) is 23.9 Å². The third-order valence-corrected chi connectivity index (χ3v) is 3.17. The van der Waals surface area contributed by atoms with E-state index in [1.165, 1.54) is 6.20 Å². The first-order chi connectivity index (χ1) is 13.0. The second kappa shape index (κ2) is 10.8. The summed E-state index contributed by atoms with van der Waals surface area (Å²) in [6.07, 6.45) is 1.59. The van der Waals surface area contributed by atoms with E-state index in [1.807, 2.05) is 20.8 Å². The monoisotopic (exact) mass is 395 g/mol. The number of aromatic nitrogens is 1. The van der Waals surface area contributed by atoms with E-state index in [-0.39, 0.29) is 11.5 Å². The number of hydrogen-bond acceptors (Lipinski definition) is 6. The highest BCUT2D eigenvalue weighted by Gasteiger charge is 2.15. The van der Waals surface area contributed by atoms with Gasteiger partial charge in [0, 0.05) is 25.4 Å². The van der Waals surface area contributed by atoms with Gasteiger partial charge in [-0.05, 0) is 54.0 Å². The summed E-state index contributed by atoms with van der Waals surface area (Å²) in [6, 6.07) is 3.30. The van der Waals surface area contributed by atoms with E-state index < -0.39 is 11.7 Å². The van der Waals surface area contributed by atoms with Gasteiger partial charge in [-0.15, -0.1) is 0 Å². The van der Waals surface area contributed by atoms with Gasteiger partial charge in [0.25, 0.3) is 5.91 Å². The lowest BCUT2D eigenvalue weighted by atomic mass is 10.2. The van der Waals surface area contributed by atoms with Gasteiger partial charge in [0.2, 0.25) is 5.88 Å². The van der Waals surface area contributed by atoms with Crippen LogP contribution in [0.3, 0.4) is 0 Å². The average molecular weight is 396 g/mol. The maximum absolute atomic E-state index is 12.1. The number of alkyl carbamates (subject to hydrolysis) is 1. The molecule has 0 atom stereocenters. The van der Waals surface area contributed by atoms with Crippen LogP contribution in [0.4, 0.5) is 4.79 Å². The topological polar surface area (TPSA) is 98.8 Å². The van der Waals surface area contributed by atoms with Crippen LogP contribution >= 0.6 is 0 Å². The van der Waals surface area contributed by atoms with E-state index in [0.717, 1.165) is 0 Å². The fraction of sp³-hybridized carbons (Fsp3) is 0.650. The number of rotatable bonds is 9. The minimum Gasteiger partial charge on any atom is -0.475 e. The third-order valence-electron chi connectivity index (χ3n) is 3.17. The number of nitrogens with zero attached hydrogens (tertiary/aromatic N) is 1. The van der Waals surface area contributed by atoms with Gasteiger partial charge in [0.05, 0.1) is 17.8 Å². The van der Waals surface area contributed by atoms with Gasteiger partial charge in [-0.25, -0.2) is 9.78 Å². The van der Waals surface area contributed by atoms with Gasteiger partial charge >= 0.3 is 6.09 Å². The summed E-state index contributed by atoms with van der Waals surface area (Å²) in [5.74, 6) is 0.211. The summed E-state index contributed by atoms with van der Waals surface area (Å²) in [7, 11) is 0. The van der Waals surface area contributed by atoms with Crippen LogP contribution in [0, 0.1) is 0 Å². The molecule has 28 heavy (non-hydrogen) atoms. The van der Waals surface area contributed by atoms with Crippen LogP contribution in [-0.2, 0) is 9.47 Å². The summed E-state index contributed by atoms with van der Waals surface area (Å²) < 4.78 is 16.2. The normalized spacial score (nSPS) is 11.6. The first kappa shape index (κ1) is 23.7. The van der Waals surface area contributed by atoms with Crippen molar-refractivity contribution in [3.63, 3.8) is 0 Å². The smallest absolute Gasteiger partial charge is 0.407 e. The molecular formula is C20H33N3O5. The molecule has 1 rings (SSSR count). The Balaban J connectivity index is 2.23. The second-order valence-corrected chi connectivity index (χ2v) is 8.23. The second-order valence-electron chi connectivity index (χ2n) is 8.23. The number of hydrogen-bond donors (Lipinski definition) is 2. The Morgan fingerprint density at radius 3 is 2.21 bits per heavy atom. The minimum atomic E-state index is -0.527.